The molecule has 0 spiro atoms. The third kappa shape index (κ3) is 4.56. The third-order valence-corrected chi connectivity index (χ3v) is 5.04. The number of rotatable bonds is 4. The molecule has 0 saturated heterocycles. The number of hydrogen-bond acceptors (Lipinski definition) is 3. The second-order valence-electron chi connectivity index (χ2n) is 4.27. The average molecular weight is 389 g/mol. The average Bonchev–Trinajstić information content (AvgIpc) is 2.41. The first-order chi connectivity index (χ1) is 9.87. The summed E-state index contributed by atoms with van der Waals surface area (Å²) in [5.41, 5.74) is 0.537. The molecular formula is C14H11BrClNO3S. The first-order valence-corrected chi connectivity index (χ1v) is 8.73. The van der Waals surface area contributed by atoms with Crippen molar-refractivity contribution in [2.24, 2.45) is 0 Å². The molecule has 0 aliphatic heterocycles. The van der Waals surface area contributed by atoms with Crippen LogP contribution in [-0.2, 0) is 14.6 Å². The summed E-state index contributed by atoms with van der Waals surface area (Å²) in [4.78, 5) is 11.9. The third-order valence-electron chi connectivity index (χ3n) is 2.62. The van der Waals surface area contributed by atoms with E-state index in [1.807, 2.05) is 0 Å². The molecule has 0 aliphatic carbocycles. The number of sulfone groups is 1. The molecule has 0 saturated carbocycles. The van der Waals surface area contributed by atoms with Crippen LogP contribution in [0.5, 0.6) is 0 Å². The zero-order valence-corrected chi connectivity index (χ0v) is 13.9. The lowest BCUT2D eigenvalue weighted by molar-refractivity contribution is -0.113. The highest BCUT2D eigenvalue weighted by Crippen LogP contribution is 2.17. The molecule has 0 aromatic heterocycles. The summed E-state index contributed by atoms with van der Waals surface area (Å²) in [6, 6.07) is 12.6. The van der Waals surface area contributed by atoms with Gasteiger partial charge in [0, 0.05) is 15.2 Å². The van der Waals surface area contributed by atoms with Crippen LogP contribution in [0.3, 0.4) is 0 Å². The van der Waals surface area contributed by atoms with Gasteiger partial charge in [-0.3, -0.25) is 4.79 Å². The first kappa shape index (κ1) is 16.0. The van der Waals surface area contributed by atoms with Crippen molar-refractivity contribution in [3.8, 4) is 0 Å². The van der Waals surface area contributed by atoms with E-state index in [1.54, 1.807) is 24.3 Å². The SMILES string of the molecule is O=C(CS(=O)(=O)c1ccc(Cl)cc1)Nc1ccc(Br)cc1. The minimum atomic E-state index is -3.68. The molecule has 2 rings (SSSR count). The van der Waals surface area contributed by atoms with E-state index in [4.69, 9.17) is 11.6 Å². The van der Waals surface area contributed by atoms with Gasteiger partial charge in [0.1, 0.15) is 5.75 Å². The van der Waals surface area contributed by atoms with Crippen molar-refractivity contribution in [2.75, 3.05) is 11.1 Å². The predicted molar refractivity (Wildman–Crippen MR) is 86.3 cm³/mol. The molecule has 0 radical (unpaired) electrons. The molecule has 0 unspecified atom stereocenters. The van der Waals surface area contributed by atoms with Crippen molar-refractivity contribution < 1.29 is 13.2 Å². The summed E-state index contributed by atoms with van der Waals surface area (Å²) in [5, 5.41) is 2.98. The van der Waals surface area contributed by atoms with Gasteiger partial charge >= 0.3 is 0 Å². The Bertz CT molecular complexity index is 743. The Morgan fingerprint density at radius 1 is 1.05 bits per heavy atom. The maximum atomic E-state index is 12.1. The molecule has 110 valence electrons. The highest BCUT2D eigenvalue weighted by atomic mass is 79.9. The molecule has 1 N–H and O–H groups in total. The smallest absolute Gasteiger partial charge is 0.239 e. The second kappa shape index (κ2) is 6.60. The molecule has 0 fully saturated rings. The van der Waals surface area contributed by atoms with Crippen LogP contribution in [0.25, 0.3) is 0 Å². The normalized spacial score (nSPS) is 11.1. The van der Waals surface area contributed by atoms with Gasteiger partial charge in [-0.2, -0.15) is 0 Å². The fourth-order valence-corrected chi connectivity index (χ4v) is 3.15. The van der Waals surface area contributed by atoms with Gasteiger partial charge in [0.2, 0.25) is 5.91 Å². The van der Waals surface area contributed by atoms with Crippen LogP contribution in [0.4, 0.5) is 5.69 Å². The molecule has 0 atom stereocenters. The number of carbonyl (C=O) groups is 1. The zero-order chi connectivity index (χ0) is 15.5. The lowest BCUT2D eigenvalue weighted by Gasteiger charge is -2.07. The Kier molecular flexibility index (Phi) is 5.03. The number of carbonyl (C=O) groups excluding carboxylic acids is 1. The monoisotopic (exact) mass is 387 g/mol. The molecule has 7 heteroatoms. The van der Waals surface area contributed by atoms with E-state index >= 15 is 0 Å². The number of benzene rings is 2. The quantitative estimate of drug-likeness (QED) is 0.871. The molecule has 2 aromatic rings. The highest BCUT2D eigenvalue weighted by molar-refractivity contribution is 9.10. The van der Waals surface area contributed by atoms with E-state index in [-0.39, 0.29) is 4.90 Å². The van der Waals surface area contributed by atoms with Crippen molar-refractivity contribution >= 4 is 49.0 Å². The van der Waals surface area contributed by atoms with Gasteiger partial charge in [0.25, 0.3) is 0 Å². The molecule has 4 nitrogen and oxygen atoms in total. The zero-order valence-electron chi connectivity index (χ0n) is 10.7. The van der Waals surface area contributed by atoms with E-state index in [1.165, 1.54) is 24.3 Å². The highest BCUT2D eigenvalue weighted by Gasteiger charge is 2.19. The van der Waals surface area contributed by atoms with Crippen LogP contribution < -0.4 is 5.32 Å². The van der Waals surface area contributed by atoms with E-state index in [0.717, 1.165) is 4.47 Å². The summed E-state index contributed by atoms with van der Waals surface area (Å²) < 4.78 is 25.0. The molecule has 0 heterocycles. The number of hydrogen-bond donors (Lipinski definition) is 1. The summed E-state index contributed by atoms with van der Waals surface area (Å²) >= 11 is 8.99. The van der Waals surface area contributed by atoms with Crippen LogP contribution in [-0.4, -0.2) is 20.1 Å². The van der Waals surface area contributed by atoms with Gasteiger partial charge in [-0.05, 0) is 48.5 Å². The van der Waals surface area contributed by atoms with Crippen LogP contribution >= 0.6 is 27.5 Å². The van der Waals surface area contributed by atoms with Gasteiger partial charge in [0.15, 0.2) is 9.84 Å². The van der Waals surface area contributed by atoms with E-state index in [9.17, 15) is 13.2 Å². The van der Waals surface area contributed by atoms with Crippen molar-refractivity contribution in [2.45, 2.75) is 4.90 Å². The summed E-state index contributed by atoms with van der Waals surface area (Å²) in [6.07, 6.45) is 0. The maximum Gasteiger partial charge on any atom is 0.239 e. The van der Waals surface area contributed by atoms with Crippen molar-refractivity contribution in [1.29, 1.82) is 0 Å². The van der Waals surface area contributed by atoms with E-state index < -0.39 is 21.5 Å². The van der Waals surface area contributed by atoms with Crippen molar-refractivity contribution in [3.05, 3.63) is 58.0 Å². The molecular weight excluding hydrogens is 378 g/mol. The number of amides is 1. The first-order valence-electron chi connectivity index (χ1n) is 5.90. The van der Waals surface area contributed by atoms with Crippen LogP contribution in [0, 0.1) is 0 Å². The van der Waals surface area contributed by atoms with Crippen LogP contribution in [0.15, 0.2) is 57.9 Å². The number of halogens is 2. The maximum absolute atomic E-state index is 12.1. The largest absolute Gasteiger partial charge is 0.325 e. The summed E-state index contributed by atoms with van der Waals surface area (Å²) in [5.74, 6) is -1.21. The molecule has 0 bridgehead atoms. The Morgan fingerprint density at radius 3 is 2.19 bits per heavy atom. The standard InChI is InChI=1S/C14H11BrClNO3S/c15-10-1-5-12(6-2-10)17-14(18)9-21(19,20)13-7-3-11(16)4-8-13/h1-8H,9H2,(H,17,18). The Hall–Kier alpha value is -1.37. The predicted octanol–water partition coefficient (Wildman–Crippen LogP) is 3.51. The minimum Gasteiger partial charge on any atom is -0.325 e. The summed E-state index contributed by atoms with van der Waals surface area (Å²) in [6.45, 7) is 0. The number of anilines is 1. The van der Waals surface area contributed by atoms with E-state index in [2.05, 4.69) is 21.2 Å². The molecule has 2 aromatic carbocycles. The molecule has 0 aliphatic rings. The minimum absolute atomic E-state index is 0.0675. The van der Waals surface area contributed by atoms with Gasteiger partial charge in [-0.15, -0.1) is 0 Å². The Labute approximate surface area is 136 Å². The fourth-order valence-electron chi connectivity index (χ4n) is 1.63. The van der Waals surface area contributed by atoms with Gasteiger partial charge < -0.3 is 5.32 Å². The Morgan fingerprint density at radius 2 is 1.62 bits per heavy atom. The summed E-state index contributed by atoms with van der Waals surface area (Å²) in [7, 11) is -3.68. The second-order valence-corrected chi connectivity index (χ2v) is 7.61. The van der Waals surface area contributed by atoms with Gasteiger partial charge in [0.05, 0.1) is 4.90 Å². The number of nitrogens with one attached hydrogen (secondary N) is 1. The van der Waals surface area contributed by atoms with Crippen molar-refractivity contribution in [3.63, 3.8) is 0 Å². The van der Waals surface area contributed by atoms with Gasteiger partial charge in [-0.1, -0.05) is 27.5 Å². The lowest BCUT2D eigenvalue weighted by Crippen LogP contribution is -2.22. The van der Waals surface area contributed by atoms with Crippen molar-refractivity contribution in [1.82, 2.24) is 0 Å². The molecule has 1 amide bonds. The Balaban J connectivity index is 2.07. The van der Waals surface area contributed by atoms with Crippen LogP contribution in [0.2, 0.25) is 5.02 Å². The lowest BCUT2D eigenvalue weighted by atomic mass is 10.3. The van der Waals surface area contributed by atoms with Gasteiger partial charge in [-0.25, -0.2) is 8.42 Å². The topological polar surface area (TPSA) is 63.2 Å². The van der Waals surface area contributed by atoms with Crippen LogP contribution in [0.1, 0.15) is 0 Å². The van der Waals surface area contributed by atoms with E-state index in [0.29, 0.717) is 10.7 Å². The molecule has 21 heavy (non-hydrogen) atoms. The fraction of sp³-hybridized carbons (Fsp3) is 0.0714.